The van der Waals surface area contributed by atoms with Crippen LogP contribution < -0.4 is 10.6 Å². The van der Waals surface area contributed by atoms with Crippen molar-refractivity contribution in [2.24, 2.45) is 0 Å². The van der Waals surface area contributed by atoms with Crippen LogP contribution in [0.3, 0.4) is 0 Å². The Kier molecular flexibility index (Phi) is 4.32. The number of aryl methyl sites for hydroxylation is 1. The summed E-state index contributed by atoms with van der Waals surface area (Å²) in [5.74, 6) is 1.15. The van der Waals surface area contributed by atoms with Crippen molar-refractivity contribution >= 4 is 11.6 Å². The Morgan fingerprint density at radius 1 is 1.35 bits per heavy atom. The largest absolute Gasteiger partial charge is 0.384 e. The number of aromatic nitrogens is 2. The molecule has 2 N–H and O–H groups in total. The van der Waals surface area contributed by atoms with E-state index in [1.165, 1.54) is 5.56 Å². The van der Waals surface area contributed by atoms with E-state index in [0.29, 0.717) is 17.3 Å². The average Bonchev–Trinajstić information content (AvgIpc) is 3.04. The van der Waals surface area contributed by atoms with Crippen molar-refractivity contribution in [1.29, 1.82) is 0 Å². The molecule has 1 aromatic heterocycles. The number of para-hydroxylation sites is 1. The van der Waals surface area contributed by atoms with Crippen molar-refractivity contribution in [2.75, 3.05) is 11.9 Å². The van der Waals surface area contributed by atoms with E-state index in [4.69, 9.17) is 4.52 Å². The predicted molar refractivity (Wildman–Crippen MR) is 87.5 cm³/mol. The van der Waals surface area contributed by atoms with Crippen molar-refractivity contribution in [1.82, 2.24) is 15.5 Å². The number of carbonyl (C=O) groups excluding carboxylic acids is 1. The Balaban J connectivity index is 1.76. The van der Waals surface area contributed by atoms with Crippen molar-refractivity contribution < 1.29 is 9.32 Å². The van der Waals surface area contributed by atoms with Gasteiger partial charge in [0.15, 0.2) is 5.82 Å². The summed E-state index contributed by atoms with van der Waals surface area (Å²) in [7, 11) is 0. The monoisotopic (exact) mass is 314 g/mol. The van der Waals surface area contributed by atoms with Gasteiger partial charge in [-0.3, -0.25) is 4.79 Å². The highest BCUT2D eigenvalue weighted by molar-refractivity contribution is 6.00. The average molecular weight is 314 g/mol. The first-order valence-corrected chi connectivity index (χ1v) is 8.06. The predicted octanol–water partition coefficient (Wildman–Crippen LogP) is 3.04. The van der Waals surface area contributed by atoms with Crippen LogP contribution in [0.25, 0.3) is 0 Å². The maximum Gasteiger partial charge on any atom is 0.254 e. The van der Waals surface area contributed by atoms with Crippen molar-refractivity contribution in [2.45, 2.75) is 45.6 Å². The van der Waals surface area contributed by atoms with Crippen LogP contribution in [0.2, 0.25) is 0 Å². The highest BCUT2D eigenvalue weighted by Gasteiger charge is 2.22. The van der Waals surface area contributed by atoms with Crippen LogP contribution in [0.5, 0.6) is 0 Å². The summed E-state index contributed by atoms with van der Waals surface area (Å²) in [6.07, 6.45) is 2.09. The minimum atomic E-state index is -0.332. The molecule has 1 atom stereocenters. The second kappa shape index (κ2) is 6.40. The van der Waals surface area contributed by atoms with E-state index in [9.17, 15) is 4.79 Å². The van der Waals surface area contributed by atoms with Gasteiger partial charge in [-0.05, 0) is 31.4 Å². The Bertz CT molecular complexity index is 708. The van der Waals surface area contributed by atoms with E-state index in [-0.39, 0.29) is 17.9 Å². The molecule has 0 radical (unpaired) electrons. The molecule has 1 amide bonds. The lowest BCUT2D eigenvalue weighted by Gasteiger charge is -2.21. The zero-order valence-corrected chi connectivity index (χ0v) is 13.7. The molecule has 0 spiro atoms. The van der Waals surface area contributed by atoms with Crippen molar-refractivity contribution in [3.63, 3.8) is 0 Å². The van der Waals surface area contributed by atoms with E-state index in [1.54, 1.807) is 0 Å². The van der Waals surface area contributed by atoms with Gasteiger partial charge in [0.1, 0.15) is 6.04 Å². The third kappa shape index (κ3) is 3.21. The van der Waals surface area contributed by atoms with Gasteiger partial charge in [0.25, 0.3) is 5.91 Å². The van der Waals surface area contributed by atoms with Crippen molar-refractivity contribution in [3.05, 3.63) is 41.0 Å². The summed E-state index contributed by atoms with van der Waals surface area (Å²) >= 11 is 0. The van der Waals surface area contributed by atoms with Gasteiger partial charge in [-0.2, -0.15) is 4.98 Å². The standard InChI is InChI=1S/C17H22N4O2/c1-10(2)15-20-17(23-21-15)11(3)19-16(22)13-8-4-6-12-7-5-9-18-14(12)13/h4,6,8,10-11,18H,5,7,9H2,1-3H3,(H,19,22). The summed E-state index contributed by atoms with van der Waals surface area (Å²) in [5, 5.41) is 10.2. The smallest absolute Gasteiger partial charge is 0.254 e. The van der Waals surface area contributed by atoms with E-state index in [1.807, 2.05) is 32.9 Å². The number of amides is 1. The number of nitrogens with one attached hydrogen (secondary N) is 2. The molecule has 23 heavy (non-hydrogen) atoms. The summed E-state index contributed by atoms with van der Waals surface area (Å²) in [5.41, 5.74) is 2.80. The van der Waals surface area contributed by atoms with E-state index < -0.39 is 0 Å². The zero-order chi connectivity index (χ0) is 16.4. The van der Waals surface area contributed by atoms with Crippen LogP contribution in [0.15, 0.2) is 22.7 Å². The Hall–Kier alpha value is -2.37. The fraction of sp³-hybridized carbons (Fsp3) is 0.471. The topological polar surface area (TPSA) is 80.0 Å². The van der Waals surface area contributed by atoms with Crippen LogP contribution in [0.4, 0.5) is 5.69 Å². The molecule has 0 fully saturated rings. The molecular formula is C17H22N4O2. The Morgan fingerprint density at radius 3 is 2.91 bits per heavy atom. The van der Waals surface area contributed by atoms with E-state index in [2.05, 4.69) is 26.8 Å². The van der Waals surface area contributed by atoms with Crippen molar-refractivity contribution in [3.8, 4) is 0 Å². The molecule has 2 aromatic rings. The number of nitrogens with zero attached hydrogens (tertiary/aromatic N) is 2. The number of carbonyl (C=O) groups is 1. The van der Waals surface area contributed by atoms with Crippen LogP contribution in [0, 0.1) is 0 Å². The molecule has 3 rings (SSSR count). The quantitative estimate of drug-likeness (QED) is 0.906. The normalized spacial score (nSPS) is 15.0. The zero-order valence-electron chi connectivity index (χ0n) is 13.7. The summed E-state index contributed by atoms with van der Waals surface area (Å²) in [6, 6.07) is 5.50. The number of benzene rings is 1. The van der Waals surface area contributed by atoms with Gasteiger partial charge in [-0.1, -0.05) is 31.1 Å². The molecular weight excluding hydrogens is 292 g/mol. The highest BCUT2D eigenvalue weighted by Crippen LogP contribution is 2.26. The van der Waals surface area contributed by atoms with Gasteiger partial charge < -0.3 is 15.2 Å². The third-order valence-electron chi connectivity index (χ3n) is 4.01. The molecule has 6 nitrogen and oxygen atoms in total. The number of hydrogen-bond acceptors (Lipinski definition) is 5. The fourth-order valence-electron chi connectivity index (χ4n) is 2.69. The summed E-state index contributed by atoms with van der Waals surface area (Å²) < 4.78 is 5.25. The first-order chi connectivity index (χ1) is 11.1. The number of anilines is 1. The fourth-order valence-corrected chi connectivity index (χ4v) is 2.69. The molecule has 0 aliphatic carbocycles. The van der Waals surface area contributed by atoms with E-state index in [0.717, 1.165) is 25.1 Å². The molecule has 0 bridgehead atoms. The number of rotatable bonds is 4. The molecule has 1 aliphatic heterocycles. The van der Waals surface area contributed by atoms with Crippen LogP contribution in [0.1, 0.15) is 66.8 Å². The molecule has 2 heterocycles. The second-order valence-electron chi connectivity index (χ2n) is 6.21. The highest BCUT2D eigenvalue weighted by atomic mass is 16.5. The van der Waals surface area contributed by atoms with Gasteiger partial charge in [0.05, 0.1) is 11.3 Å². The number of hydrogen-bond donors (Lipinski definition) is 2. The number of fused-ring (bicyclic) bond motifs is 1. The first kappa shape index (κ1) is 15.5. The molecule has 1 aliphatic rings. The van der Waals surface area contributed by atoms with Gasteiger partial charge in [0.2, 0.25) is 5.89 Å². The maximum atomic E-state index is 12.6. The maximum absolute atomic E-state index is 12.6. The third-order valence-corrected chi connectivity index (χ3v) is 4.01. The molecule has 0 saturated carbocycles. The lowest BCUT2D eigenvalue weighted by atomic mass is 9.99. The van der Waals surface area contributed by atoms with Gasteiger partial charge >= 0.3 is 0 Å². The van der Waals surface area contributed by atoms with Crippen LogP contribution in [-0.4, -0.2) is 22.6 Å². The minimum Gasteiger partial charge on any atom is -0.384 e. The molecule has 122 valence electrons. The lowest BCUT2D eigenvalue weighted by molar-refractivity contribution is 0.0933. The van der Waals surface area contributed by atoms with Gasteiger partial charge in [-0.25, -0.2) is 0 Å². The molecule has 0 saturated heterocycles. The Morgan fingerprint density at radius 2 is 2.17 bits per heavy atom. The van der Waals surface area contributed by atoms with Gasteiger partial charge in [0, 0.05) is 12.5 Å². The molecule has 1 unspecified atom stereocenters. The molecule has 6 heteroatoms. The van der Waals surface area contributed by atoms with Crippen LogP contribution in [-0.2, 0) is 6.42 Å². The van der Waals surface area contributed by atoms with Gasteiger partial charge in [-0.15, -0.1) is 0 Å². The Labute approximate surface area is 135 Å². The summed E-state index contributed by atoms with van der Waals surface area (Å²) in [6.45, 7) is 6.74. The first-order valence-electron chi connectivity index (χ1n) is 8.06. The lowest BCUT2D eigenvalue weighted by Crippen LogP contribution is -2.28. The second-order valence-corrected chi connectivity index (χ2v) is 6.21. The van der Waals surface area contributed by atoms with Crippen LogP contribution >= 0.6 is 0 Å². The minimum absolute atomic E-state index is 0.131. The SMILES string of the molecule is CC(C)c1noc(C(C)NC(=O)c2cccc3c2NCCC3)n1. The summed E-state index contributed by atoms with van der Waals surface area (Å²) in [4.78, 5) is 16.9. The van der Waals surface area contributed by atoms with E-state index >= 15 is 0 Å². The molecule has 1 aromatic carbocycles.